The first-order valence-corrected chi connectivity index (χ1v) is 11.1. The summed E-state index contributed by atoms with van der Waals surface area (Å²) < 4.78 is 15.1. The zero-order valence-corrected chi connectivity index (χ0v) is 19.5. The zero-order chi connectivity index (χ0) is 24.1. The molecule has 6 nitrogen and oxygen atoms in total. The highest BCUT2D eigenvalue weighted by Gasteiger charge is 2.38. The molecule has 0 bridgehead atoms. The lowest BCUT2D eigenvalue weighted by Gasteiger charge is -2.45. The van der Waals surface area contributed by atoms with E-state index in [1.54, 1.807) is 18.2 Å². The molecule has 0 spiro atoms. The molecule has 2 aromatic carbocycles. The van der Waals surface area contributed by atoms with Crippen molar-refractivity contribution in [1.82, 2.24) is 5.32 Å². The van der Waals surface area contributed by atoms with Gasteiger partial charge in [-0.3, -0.25) is 14.9 Å². The number of carbonyl (C=O) groups is 3. The average Bonchev–Trinajstić information content (AvgIpc) is 2.75. The SMILES string of the molecule is CCc1ccc(N2C(=O)NC(=O)/C(=C/c3cc4c(cc3F)N(C)C(C)(C)CC4C)C2=O)cc1. The Kier molecular flexibility index (Phi) is 5.60. The Hall–Kier alpha value is -3.48. The van der Waals surface area contributed by atoms with Crippen LogP contribution >= 0.6 is 0 Å². The maximum absolute atomic E-state index is 15.1. The van der Waals surface area contributed by atoms with Gasteiger partial charge in [0.05, 0.1) is 5.69 Å². The molecule has 2 aliphatic rings. The van der Waals surface area contributed by atoms with E-state index in [0.717, 1.165) is 34.6 Å². The molecule has 4 amide bonds. The molecule has 33 heavy (non-hydrogen) atoms. The maximum Gasteiger partial charge on any atom is 0.335 e. The molecule has 0 radical (unpaired) electrons. The van der Waals surface area contributed by atoms with Crippen LogP contribution in [0.3, 0.4) is 0 Å². The average molecular weight is 450 g/mol. The monoisotopic (exact) mass is 449 g/mol. The number of urea groups is 1. The van der Waals surface area contributed by atoms with Gasteiger partial charge in [-0.1, -0.05) is 26.0 Å². The number of fused-ring (bicyclic) bond motifs is 1. The number of nitrogens with zero attached hydrogens (tertiary/aromatic N) is 2. The maximum atomic E-state index is 15.1. The number of hydrogen-bond acceptors (Lipinski definition) is 4. The van der Waals surface area contributed by atoms with Crippen LogP contribution < -0.4 is 15.1 Å². The van der Waals surface area contributed by atoms with Crippen LogP contribution in [0.15, 0.2) is 42.0 Å². The summed E-state index contributed by atoms with van der Waals surface area (Å²) in [6.45, 7) is 8.31. The number of halogens is 1. The van der Waals surface area contributed by atoms with Gasteiger partial charge in [0, 0.05) is 23.8 Å². The van der Waals surface area contributed by atoms with Crippen molar-refractivity contribution in [3.63, 3.8) is 0 Å². The Labute approximate surface area is 193 Å². The van der Waals surface area contributed by atoms with E-state index >= 15 is 4.39 Å². The fourth-order valence-corrected chi connectivity index (χ4v) is 4.64. The molecule has 172 valence electrons. The van der Waals surface area contributed by atoms with Crippen LogP contribution in [0.2, 0.25) is 0 Å². The van der Waals surface area contributed by atoms with E-state index in [1.807, 2.05) is 26.1 Å². The Morgan fingerprint density at radius 1 is 1.15 bits per heavy atom. The third-order valence-electron chi connectivity index (χ3n) is 6.76. The van der Waals surface area contributed by atoms with Gasteiger partial charge in [0.25, 0.3) is 11.8 Å². The summed E-state index contributed by atoms with van der Waals surface area (Å²) in [5.41, 5.74) is 2.88. The van der Waals surface area contributed by atoms with E-state index in [1.165, 1.54) is 12.1 Å². The van der Waals surface area contributed by atoms with E-state index in [0.29, 0.717) is 5.69 Å². The van der Waals surface area contributed by atoms with Crippen LogP contribution in [0.25, 0.3) is 6.08 Å². The summed E-state index contributed by atoms with van der Waals surface area (Å²) in [7, 11) is 1.94. The Morgan fingerprint density at radius 3 is 2.45 bits per heavy atom. The van der Waals surface area contributed by atoms with Gasteiger partial charge in [-0.25, -0.2) is 14.1 Å². The molecule has 0 aliphatic carbocycles. The molecule has 0 aromatic heterocycles. The van der Waals surface area contributed by atoms with Crippen molar-refractivity contribution in [2.75, 3.05) is 16.8 Å². The molecule has 4 rings (SSSR count). The molecular weight excluding hydrogens is 421 g/mol. The molecule has 1 saturated heterocycles. The largest absolute Gasteiger partial charge is 0.369 e. The number of imide groups is 2. The molecule has 2 heterocycles. The number of aryl methyl sites for hydroxylation is 1. The van der Waals surface area contributed by atoms with E-state index < -0.39 is 23.7 Å². The number of benzene rings is 2. The fourth-order valence-electron chi connectivity index (χ4n) is 4.64. The molecular formula is C26H28FN3O3. The standard InChI is InChI=1S/C26H28FN3O3/c1-6-16-7-9-18(10-8-16)30-24(32)20(23(31)28-25(30)33)12-17-11-19-15(2)14-26(3,4)29(5)22(19)13-21(17)27/h7-13,15H,6,14H2,1-5H3,(H,28,31,33)/b20-12-. The summed E-state index contributed by atoms with van der Waals surface area (Å²) in [6.07, 6.45) is 2.93. The van der Waals surface area contributed by atoms with Crippen molar-refractivity contribution in [2.45, 2.75) is 52.0 Å². The zero-order valence-electron chi connectivity index (χ0n) is 19.5. The second-order valence-corrected chi connectivity index (χ2v) is 9.39. The number of rotatable bonds is 3. The van der Waals surface area contributed by atoms with Gasteiger partial charge in [-0.05, 0) is 74.1 Å². The van der Waals surface area contributed by atoms with Gasteiger partial charge in [-0.2, -0.15) is 0 Å². The van der Waals surface area contributed by atoms with Crippen LogP contribution in [0.5, 0.6) is 0 Å². The molecule has 2 aliphatic heterocycles. The number of anilines is 2. The molecule has 7 heteroatoms. The summed E-state index contributed by atoms with van der Waals surface area (Å²) in [5, 5.41) is 2.19. The third-order valence-corrected chi connectivity index (χ3v) is 6.76. The Bertz CT molecular complexity index is 1180. The highest BCUT2D eigenvalue weighted by atomic mass is 19.1. The summed E-state index contributed by atoms with van der Waals surface area (Å²) >= 11 is 0. The minimum atomic E-state index is -0.838. The highest BCUT2D eigenvalue weighted by molar-refractivity contribution is 6.39. The fraction of sp³-hybridized carbons (Fsp3) is 0.346. The molecule has 1 N–H and O–H groups in total. The molecule has 2 aromatic rings. The van der Waals surface area contributed by atoms with Crippen molar-refractivity contribution in [1.29, 1.82) is 0 Å². The quantitative estimate of drug-likeness (QED) is 0.541. The van der Waals surface area contributed by atoms with Gasteiger partial charge < -0.3 is 4.90 Å². The topological polar surface area (TPSA) is 69.7 Å². The normalized spacial score (nSPS) is 21.3. The van der Waals surface area contributed by atoms with Gasteiger partial charge in [0.15, 0.2) is 0 Å². The second kappa shape index (κ2) is 8.14. The summed E-state index contributed by atoms with van der Waals surface area (Å²) in [6, 6.07) is 9.28. The lowest BCUT2D eigenvalue weighted by atomic mass is 9.80. The van der Waals surface area contributed by atoms with Crippen molar-refractivity contribution in [3.8, 4) is 0 Å². The highest BCUT2D eigenvalue weighted by Crippen LogP contribution is 2.43. The van der Waals surface area contributed by atoms with Gasteiger partial charge >= 0.3 is 6.03 Å². The van der Waals surface area contributed by atoms with Crippen molar-refractivity contribution in [2.24, 2.45) is 0 Å². The molecule has 1 atom stereocenters. The lowest BCUT2D eigenvalue weighted by Crippen LogP contribution is -2.54. The minimum Gasteiger partial charge on any atom is -0.369 e. The van der Waals surface area contributed by atoms with Crippen LogP contribution in [0.1, 0.15) is 56.7 Å². The summed E-state index contributed by atoms with van der Waals surface area (Å²) in [4.78, 5) is 41.1. The number of barbiturate groups is 1. The van der Waals surface area contributed by atoms with E-state index in [-0.39, 0.29) is 22.6 Å². The lowest BCUT2D eigenvalue weighted by molar-refractivity contribution is -0.122. The Balaban J connectivity index is 1.75. The minimum absolute atomic E-state index is 0.119. The Morgan fingerprint density at radius 2 is 1.82 bits per heavy atom. The van der Waals surface area contributed by atoms with Crippen LogP contribution in [-0.2, 0) is 16.0 Å². The van der Waals surface area contributed by atoms with Crippen LogP contribution in [-0.4, -0.2) is 30.4 Å². The number of amides is 4. The first-order valence-electron chi connectivity index (χ1n) is 11.1. The summed E-state index contributed by atoms with van der Waals surface area (Å²) in [5.74, 6) is -1.98. The van der Waals surface area contributed by atoms with E-state index in [2.05, 4.69) is 31.0 Å². The molecule has 1 unspecified atom stereocenters. The van der Waals surface area contributed by atoms with Crippen molar-refractivity contribution >= 4 is 35.3 Å². The molecule has 1 fully saturated rings. The first-order chi connectivity index (χ1) is 15.5. The van der Waals surface area contributed by atoms with Crippen LogP contribution in [0.4, 0.5) is 20.6 Å². The smallest absolute Gasteiger partial charge is 0.335 e. The second-order valence-electron chi connectivity index (χ2n) is 9.39. The first kappa shape index (κ1) is 22.7. The predicted octanol–water partition coefficient (Wildman–Crippen LogP) is 4.78. The third kappa shape index (κ3) is 3.92. The number of carbonyl (C=O) groups excluding carboxylic acids is 3. The van der Waals surface area contributed by atoms with Crippen molar-refractivity contribution in [3.05, 3.63) is 64.5 Å². The molecule has 0 saturated carbocycles. The number of nitrogens with one attached hydrogen (secondary N) is 1. The van der Waals surface area contributed by atoms with E-state index in [9.17, 15) is 14.4 Å². The predicted molar refractivity (Wildman–Crippen MR) is 127 cm³/mol. The van der Waals surface area contributed by atoms with Gasteiger partial charge in [-0.15, -0.1) is 0 Å². The number of hydrogen-bond donors (Lipinski definition) is 1. The van der Waals surface area contributed by atoms with Crippen LogP contribution in [0, 0.1) is 5.82 Å². The van der Waals surface area contributed by atoms with Gasteiger partial charge in [0.1, 0.15) is 11.4 Å². The van der Waals surface area contributed by atoms with Gasteiger partial charge in [0.2, 0.25) is 0 Å². The van der Waals surface area contributed by atoms with E-state index in [4.69, 9.17) is 0 Å². The van der Waals surface area contributed by atoms with Crippen molar-refractivity contribution < 1.29 is 18.8 Å².